The van der Waals surface area contributed by atoms with E-state index in [0.29, 0.717) is 5.92 Å². The number of benzene rings is 1. The van der Waals surface area contributed by atoms with Crippen molar-refractivity contribution in [3.05, 3.63) is 35.4 Å². The van der Waals surface area contributed by atoms with E-state index in [1.807, 2.05) is 0 Å². The molecule has 1 aromatic carbocycles. The molecule has 2 nitrogen and oxygen atoms in total. The highest BCUT2D eigenvalue weighted by Gasteiger charge is 2.18. The van der Waals surface area contributed by atoms with Gasteiger partial charge in [0.15, 0.2) is 0 Å². The zero-order valence-corrected chi connectivity index (χ0v) is 12.6. The highest BCUT2D eigenvalue weighted by Crippen LogP contribution is 2.21. The molecule has 1 atom stereocenters. The molecule has 1 fully saturated rings. The molecule has 1 aliphatic heterocycles. The van der Waals surface area contributed by atoms with Crippen LogP contribution in [0, 0.1) is 5.92 Å². The second-order valence-electron chi connectivity index (χ2n) is 6.41. The molecule has 0 saturated carbocycles. The fraction of sp³-hybridized carbons (Fsp3) is 0.647. The van der Waals surface area contributed by atoms with Gasteiger partial charge in [-0.15, -0.1) is 0 Å². The molecule has 0 bridgehead atoms. The molecule has 2 heteroatoms. The number of piperidine rings is 1. The average molecular weight is 260 g/mol. The van der Waals surface area contributed by atoms with E-state index in [9.17, 15) is 0 Å². The normalized spacial score (nSPS) is 19.8. The van der Waals surface area contributed by atoms with Crippen LogP contribution < -0.4 is 5.73 Å². The Balaban J connectivity index is 1.90. The third-order valence-electron chi connectivity index (χ3n) is 4.36. The first kappa shape index (κ1) is 14.5. The van der Waals surface area contributed by atoms with Crippen molar-refractivity contribution >= 4 is 0 Å². The number of hydrogen-bond donors (Lipinski definition) is 1. The van der Waals surface area contributed by atoms with E-state index in [2.05, 4.69) is 49.9 Å². The predicted octanol–water partition coefficient (Wildman–Crippen LogP) is 3.54. The van der Waals surface area contributed by atoms with Gasteiger partial charge in [0.2, 0.25) is 0 Å². The molecule has 1 unspecified atom stereocenters. The van der Waals surface area contributed by atoms with E-state index in [-0.39, 0.29) is 6.04 Å². The van der Waals surface area contributed by atoms with Crippen LogP contribution >= 0.6 is 0 Å². The third-order valence-corrected chi connectivity index (χ3v) is 4.36. The van der Waals surface area contributed by atoms with Gasteiger partial charge in [0.05, 0.1) is 0 Å². The SMILES string of the molecule is CC1CCN(CC(N)c2ccc(C(C)C)cc2)CC1. The molecule has 0 radical (unpaired) electrons. The third kappa shape index (κ3) is 4.05. The van der Waals surface area contributed by atoms with Crippen LogP contribution in [0.4, 0.5) is 0 Å². The van der Waals surface area contributed by atoms with Crippen LogP contribution in [-0.4, -0.2) is 24.5 Å². The summed E-state index contributed by atoms with van der Waals surface area (Å²) in [6.07, 6.45) is 2.64. The Kier molecular flexibility index (Phi) is 5.00. The summed E-state index contributed by atoms with van der Waals surface area (Å²) in [7, 11) is 0. The van der Waals surface area contributed by atoms with Crippen molar-refractivity contribution in [1.82, 2.24) is 4.90 Å². The monoisotopic (exact) mass is 260 g/mol. The van der Waals surface area contributed by atoms with Crippen LogP contribution in [0.15, 0.2) is 24.3 Å². The molecule has 0 amide bonds. The highest BCUT2D eigenvalue weighted by molar-refractivity contribution is 5.26. The zero-order chi connectivity index (χ0) is 13.8. The topological polar surface area (TPSA) is 29.3 Å². The Morgan fingerprint density at radius 2 is 1.63 bits per heavy atom. The van der Waals surface area contributed by atoms with Crippen molar-refractivity contribution in [2.24, 2.45) is 11.7 Å². The molecule has 2 N–H and O–H groups in total. The summed E-state index contributed by atoms with van der Waals surface area (Å²) in [6.45, 7) is 10.2. The highest BCUT2D eigenvalue weighted by atomic mass is 15.1. The molecule has 0 spiro atoms. The maximum atomic E-state index is 6.35. The summed E-state index contributed by atoms with van der Waals surface area (Å²) in [4.78, 5) is 2.51. The molecule has 0 aliphatic carbocycles. The van der Waals surface area contributed by atoms with E-state index >= 15 is 0 Å². The zero-order valence-electron chi connectivity index (χ0n) is 12.6. The molecular formula is C17H28N2. The van der Waals surface area contributed by atoms with Gasteiger partial charge in [-0.1, -0.05) is 45.0 Å². The molecule has 2 rings (SSSR count). The quantitative estimate of drug-likeness (QED) is 0.897. The van der Waals surface area contributed by atoms with Gasteiger partial charge in [-0.2, -0.15) is 0 Å². The lowest BCUT2D eigenvalue weighted by Gasteiger charge is -2.32. The Bertz CT molecular complexity index is 375. The first-order chi connectivity index (χ1) is 9.06. The van der Waals surface area contributed by atoms with Crippen LogP contribution in [0.5, 0.6) is 0 Å². The van der Waals surface area contributed by atoms with Crippen LogP contribution in [0.3, 0.4) is 0 Å². The second-order valence-corrected chi connectivity index (χ2v) is 6.41. The summed E-state index contributed by atoms with van der Waals surface area (Å²) in [5, 5.41) is 0. The van der Waals surface area contributed by atoms with Gasteiger partial charge in [-0.3, -0.25) is 0 Å². The first-order valence-corrected chi connectivity index (χ1v) is 7.64. The van der Waals surface area contributed by atoms with E-state index in [1.165, 1.54) is 37.1 Å². The van der Waals surface area contributed by atoms with Crippen LogP contribution in [0.2, 0.25) is 0 Å². The number of rotatable bonds is 4. The minimum absolute atomic E-state index is 0.148. The predicted molar refractivity (Wildman–Crippen MR) is 82.3 cm³/mol. The summed E-state index contributed by atoms with van der Waals surface area (Å²) in [5.41, 5.74) is 9.00. The molecule has 1 aromatic rings. The van der Waals surface area contributed by atoms with Gasteiger partial charge in [-0.05, 0) is 48.9 Å². The smallest absolute Gasteiger partial charge is 0.0424 e. The molecule has 106 valence electrons. The van der Waals surface area contributed by atoms with E-state index < -0.39 is 0 Å². The molecule has 19 heavy (non-hydrogen) atoms. The van der Waals surface area contributed by atoms with Crippen LogP contribution in [-0.2, 0) is 0 Å². The molecular weight excluding hydrogens is 232 g/mol. The number of hydrogen-bond acceptors (Lipinski definition) is 2. The number of nitrogens with two attached hydrogens (primary N) is 1. The Morgan fingerprint density at radius 1 is 1.11 bits per heavy atom. The largest absolute Gasteiger partial charge is 0.323 e. The Hall–Kier alpha value is -0.860. The van der Waals surface area contributed by atoms with Gasteiger partial charge in [0, 0.05) is 12.6 Å². The molecule has 1 aliphatic rings. The van der Waals surface area contributed by atoms with E-state index in [0.717, 1.165) is 12.5 Å². The lowest BCUT2D eigenvalue weighted by Crippen LogP contribution is -2.38. The van der Waals surface area contributed by atoms with Crippen molar-refractivity contribution in [2.75, 3.05) is 19.6 Å². The summed E-state index contributed by atoms with van der Waals surface area (Å²) in [5.74, 6) is 1.48. The van der Waals surface area contributed by atoms with Gasteiger partial charge in [-0.25, -0.2) is 0 Å². The minimum atomic E-state index is 0.148. The van der Waals surface area contributed by atoms with Crippen molar-refractivity contribution in [3.63, 3.8) is 0 Å². The average Bonchev–Trinajstić information content (AvgIpc) is 2.41. The Labute approximate surface area is 118 Å². The Morgan fingerprint density at radius 3 is 2.16 bits per heavy atom. The lowest BCUT2D eigenvalue weighted by molar-refractivity contribution is 0.183. The lowest BCUT2D eigenvalue weighted by atomic mass is 9.97. The maximum absolute atomic E-state index is 6.35. The fourth-order valence-corrected chi connectivity index (χ4v) is 2.76. The number of nitrogens with zero attached hydrogens (tertiary/aromatic N) is 1. The maximum Gasteiger partial charge on any atom is 0.0424 e. The van der Waals surface area contributed by atoms with Gasteiger partial charge >= 0.3 is 0 Å². The van der Waals surface area contributed by atoms with Gasteiger partial charge < -0.3 is 10.6 Å². The van der Waals surface area contributed by atoms with Crippen molar-refractivity contribution in [3.8, 4) is 0 Å². The first-order valence-electron chi connectivity index (χ1n) is 7.64. The van der Waals surface area contributed by atoms with Crippen LogP contribution in [0.25, 0.3) is 0 Å². The number of likely N-dealkylation sites (tertiary alicyclic amines) is 1. The van der Waals surface area contributed by atoms with Crippen molar-refractivity contribution in [1.29, 1.82) is 0 Å². The van der Waals surface area contributed by atoms with E-state index in [1.54, 1.807) is 0 Å². The van der Waals surface area contributed by atoms with Crippen molar-refractivity contribution < 1.29 is 0 Å². The van der Waals surface area contributed by atoms with E-state index in [4.69, 9.17) is 5.73 Å². The minimum Gasteiger partial charge on any atom is -0.323 e. The molecule has 1 saturated heterocycles. The molecule has 0 aromatic heterocycles. The summed E-state index contributed by atoms with van der Waals surface area (Å²) >= 11 is 0. The fourth-order valence-electron chi connectivity index (χ4n) is 2.76. The standard InChI is InChI=1S/C17H28N2/c1-13(2)15-4-6-16(7-5-15)17(18)12-19-10-8-14(3)9-11-19/h4-7,13-14,17H,8-12,18H2,1-3H3. The second kappa shape index (κ2) is 6.53. The van der Waals surface area contributed by atoms with Gasteiger partial charge in [0.1, 0.15) is 0 Å². The molecule has 1 heterocycles. The van der Waals surface area contributed by atoms with Crippen molar-refractivity contribution in [2.45, 2.75) is 45.6 Å². The van der Waals surface area contributed by atoms with Gasteiger partial charge in [0.25, 0.3) is 0 Å². The summed E-state index contributed by atoms with van der Waals surface area (Å²) in [6, 6.07) is 8.99. The summed E-state index contributed by atoms with van der Waals surface area (Å²) < 4.78 is 0. The van der Waals surface area contributed by atoms with Crippen LogP contribution in [0.1, 0.15) is 56.7 Å².